The fraction of sp³-hybridized carbons (Fsp3) is 1.00. The highest BCUT2D eigenvalue weighted by atomic mass is 31.0. The Hall–Kier alpha value is 0.455. The van der Waals surface area contributed by atoms with Gasteiger partial charge in [0.25, 0.3) is 8.05 Å². The Morgan fingerprint density at radius 1 is 1.67 bits per heavy atom. The third-order valence-electron chi connectivity index (χ3n) is 0.553. The van der Waals surface area contributed by atoms with E-state index in [0.717, 1.165) is 19.2 Å². The lowest BCUT2D eigenvalue weighted by Crippen LogP contribution is -1.88. The van der Waals surface area contributed by atoms with Gasteiger partial charge in [-0.1, -0.05) is 0 Å². The minimum Gasteiger partial charge on any atom is -0.444 e. The van der Waals surface area contributed by atoms with Gasteiger partial charge in [-0.05, 0) is 12.6 Å². The highest BCUT2D eigenvalue weighted by molar-refractivity contribution is 7.16. The molecule has 0 aliphatic heterocycles. The average Bonchev–Trinajstić information content (AvgIpc) is 1.61. The highest BCUT2D eigenvalue weighted by Gasteiger charge is 1.74. The molecule has 0 amide bonds. The molecule has 0 aliphatic carbocycles. The van der Waals surface area contributed by atoms with Crippen molar-refractivity contribution in [3.63, 3.8) is 0 Å². The first-order valence-electron chi connectivity index (χ1n) is 2.11. The van der Waals surface area contributed by atoms with Crippen LogP contribution in [-0.4, -0.2) is 20.8 Å². The molecule has 0 N–H and O–H groups in total. The van der Waals surface area contributed by atoms with Crippen LogP contribution in [-0.2, 0) is 4.65 Å². The second-order valence-electron chi connectivity index (χ2n) is 1.14. The molecule has 0 saturated carbocycles. The van der Waals surface area contributed by atoms with E-state index < -0.39 is 0 Å². The van der Waals surface area contributed by atoms with Crippen molar-refractivity contribution in [2.24, 2.45) is 0 Å². The van der Waals surface area contributed by atoms with Gasteiger partial charge in [0, 0.05) is 6.61 Å². The Morgan fingerprint density at radius 3 is 2.50 bits per heavy atom. The zero-order valence-electron chi connectivity index (χ0n) is 4.11. The van der Waals surface area contributed by atoms with Crippen LogP contribution in [0.25, 0.3) is 0 Å². The van der Waals surface area contributed by atoms with Gasteiger partial charge < -0.3 is 4.65 Å². The van der Waals surface area contributed by atoms with Gasteiger partial charge in [0.15, 0.2) is 0 Å². The summed E-state index contributed by atoms with van der Waals surface area (Å²) in [5.41, 5.74) is 0. The maximum absolute atomic E-state index is 4.77. The summed E-state index contributed by atoms with van der Waals surface area (Å²) in [5, 5.41) is 0. The molecule has 0 rings (SSSR count). The van der Waals surface area contributed by atoms with Crippen LogP contribution in [0.2, 0.25) is 0 Å². The molecule has 1 nitrogen and oxygen atoms in total. The Bertz CT molecular complexity index is 22.8. The smallest absolute Gasteiger partial charge is 0.257 e. The largest absolute Gasteiger partial charge is 0.444 e. The van der Waals surface area contributed by atoms with Crippen molar-refractivity contribution in [1.82, 2.24) is 0 Å². The van der Waals surface area contributed by atoms with Gasteiger partial charge >= 0.3 is 0 Å². The van der Waals surface area contributed by atoms with Crippen LogP contribution < -0.4 is 0 Å². The molecular weight excluding hydrogens is 93.8 g/mol. The summed E-state index contributed by atoms with van der Waals surface area (Å²) < 4.78 is 4.77. The number of hydrogen-bond donors (Lipinski definition) is 0. The zero-order valence-corrected chi connectivity index (χ0v) is 5.26. The summed E-state index contributed by atoms with van der Waals surface area (Å²) in [7, 11) is 4.37. The lowest BCUT2D eigenvalue weighted by atomic mass is 10.5. The monoisotopic (exact) mass is 104 g/mol. The maximum atomic E-state index is 4.77. The van der Waals surface area contributed by atoms with Crippen molar-refractivity contribution in [3.05, 3.63) is 0 Å². The summed E-state index contributed by atoms with van der Waals surface area (Å²) in [6.07, 6.45) is 2.30. The van der Waals surface area contributed by atoms with Crippen LogP contribution in [0.4, 0.5) is 0 Å². The molecule has 0 fully saturated rings. The Balaban J connectivity index is 2.34. The summed E-state index contributed by atoms with van der Waals surface area (Å²) in [6.45, 7) is 0.892. The lowest BCUT2D eigenvalue weighted by Gasteiger charge is -1.90. The standard InChI is InChI=1S/C3H10BOP/c4-5-2-1-3-6/h1-4,6H2. The van der Waals surface area contributed by atoms with Gasteiger partial charge in [0.2, 0.25) is 0 Å². The average molecular weight is 104 g/mol. The van der Waals surface area contributed by atoms with Crippen LogP contribution in [0, 0.1) is 0 Å². The Kier molecular flexibility index (Phi) is 5.87. The van der Waals surface area contributed by atoms with E-state index >= 15 is 0 Å². The van der Waals surface area contributed by atoms with Crippen LogP contribution in [0.5, 0.6) is 0 Å². The number of hydrogen-bond acceptors (Lipinski definition) is 1. The first-order chi connectivity index (χ1) is 2.91. The van der Waals surface area contributed by atoms with E-state index in [9.17, 15) is 0 Å². The van der Waals surface area contributed by atoms with Crippen LogP contribution >= 0.6 is 9.24 Å². The Labute approximate surface area is 42.1 Å². The third kappa shape index (κ3) is 4.45. The second-order valence-corrected chi connectivity index (χ2v) is 1.71. The SMILES string of the molecule is BOCCCP. The molecule has 0 radical (unpaired) electrons. The summed E-state index contributed by atoms with van der Waals surface area (Å²) >= 11 is 0. The maximum Gasteiger partial charge on any atom is 0.257 e. The van der Waals surface area contributed by atoms with E-state index in [1.54, 1.807) is 8.05 Å². The molecule has 1 atom stereocenters. The van der Waals surface area contributed by atoms with Crippen molar-refractivity contribution < 1.29 is 4.65 Å². The minimum atomic E-state index is 0.892. The zero-order chi connectivity index (χ0) is 4.83. The predicted molar refractivity (Wildman–Crippen MR) is 33.7 cm³/mol. The van der Waals surface area contributed by atoms with Crippen molar-refractivity contribution in [2.75, 3.05) is 12.8 Å². The number of rotatable bonds is 3. The molecule has 6 heavy (non-hydrogen) atoms. The van der Waals surface area contributed by atoms with Gasteiger partial charge in [-0.15, -0.1) is 9.24 Å². The van der Waals surface area contributed by atoms with E-state index in [1.807, 2.05) is 0 Å². The van der Waals surface area contributed by atoms with Gasteiger partial charge in [0.05, 0.1) is 0 Å². The molecule has 0 aromatic heterocycles. The fourth-order valence-electron chi connectivity index (χ4n) is 0.228. The Morgan fingerprint density at radius 2 is 2.33 bits per heavy atom. The lowest BCUT2D eigenvalue weighted by molar-refractivity contribution is 0.350. The molecule has 0 aliphatic rings. The molecule has 36 valence electrons. The summed E-state index contributed by atoms with van der Waals surface area (Å²) in [6, 6.07) is 0. The predicted octanol–water partition coefficient (Wildman–Crippen LogP) is -0.184. The van der Waals surface area contributed by atoms with E-state index in [-0.39, 0.29) is 0 Å². The minimum absolute atomic E-state index is 0.892. The molecule has 0 spiro atoms. The van der Waals surface area contributed by atoms with Gasteiger partial charge in [-0.2, -0.15) is 0 Å². The molecule has 0 aromatic carbocycles. The van der Waals surface area contributed by atoms with E-state index in [2.05, 4.69) is 9.24 Å². The van der Waals surface area contributed by atoms with Crippen LogP contribution in [0.3, 0.4) is 0 Å². The first kappa shape index (κ1) is 6.45. The molecule has 1 unspecified atom stereocenters. The van der Waals surface area contributed by atoms with Gasteiger partial charge in [-0.3, -0.25) is 0 Å². The van der Waals surface area contributed by atoms with Crippen LogP contribution in [0.15, 0.2) is 0 Å². The highest BCUT2D eigenvalue weighted by Crippen LogP contribution is 1.85. The van der Waals surface area contributed by atoms with E-state index in [4.69, 9.17) is 4.65 Å². The quantitative estimate of drug-likeness (QED) is 0.274. The molecule has 3 heteroatoms. The molecular formula is C3H10BOP. The topological polar surface area (TPSA) is 9.23 Å². The molecule has 0 aromatic rings. The normalized spacial score (nSPS) is 8.83. The van der Waals surface area contributed by atoms with Gasteiger partial charge in [-0.25, -0.2) is 0 Å². The van der Waals surface area contributed by atoms with Crippen molar-refractivity contribution in [3.8, 4) is 0 Å². The molecule has 0 saturated heterocycles. The summed E-state index contributed by atoms with van der Waals surface area (Å²) in [4.78, 5) is 0. The first-order valence-corrected chi connectivity index (χ1v) is 2.92. The third-order valence-corrected chi connectivity index (χ3v) is 0.961. The van der Waals surface area contributed by atoms with Crippen molar-refractivity contribution in [2.45, 2.75) is 6.42 Å². The summed E-state index contributed by atoms with van der Waals surface area (Å²) in [5.74, 6) is 0. The van der Waals surface area contributed by atoms with E-state index in [0.29, 0.717) is 0 Å². The van der Waals surface area contributed by atoms with Crippen LogP contribution in [0.1, 0.15) is 6.42 Å². The molecule has 0 heterocycles. The van der Waals surface area contributed by atoms with E-state index in [1.165, 1.54) is 0 Å². The fourth-order valence-corrected chi connectivity index (χ4v) is 0.394. The molecule has 0 bridgehead atoms. The second kappa shape index (κ2) is 5.45. The van der Waals surface area contributed by atoms with Crippen molar-refractivity contribution in [1.29, 1.82) is 0 Å². The van der Waals surface area contributed by atoms with Crippen molar-refractivity contribution >= 4 is 17.3 Å². The van der Waals surface area contributed by atoms with Gasteiger partial charge in [0.1, 0.15) is 0 Å².